The van der Waals surface area contributed by atoms with Crippen LogP contribution in [0.2, 0.25) is 0 Å². The van der Waals surface area contributed by atoms with Gasteiger partial charge < -0.3 is 10.0 Å². The van der Waals surface area contributed by atoms with Gasteiger partial charge in [0.2, 0.25) is 5.91 Å². The average molecular weight is 241 g/mol. The monoisotopic (exact) mass is 241 g/mol. The fourth-order valence-electron chi connectivity index (χ4n) is 2.07. The number of carboxylic acids is 1. The number of amides is 1. The van der Waals surface area contributed by atoms with Gasteiger partial charge in [0.1, 0.15) is 0 Å². The lowest BCUT2D eigenvalue weighted by Gasteiger charge is -2.11. The lowest BCUT2D eigenvalue weighted by molar-refractivity contribution is -0.141. The minimum Gasteiger partial charge on any atom is -0.481 e. The zero-order valence-corrected chi connectivity index (χ0v) is 9.54. The molecule has 2 rings (SSSR count). The van der Waals surface area contributed by atoms with Gasteiger partial charge >= 0.3 is 5.97 Å². The molecule has 0 radical (unpaired) electrons. The highest BCUT2D eigenvalue weighted by Crippen LogP contribution is 2.42. The summed E-state index contributed by atoms with van der Waals surface area (Å²) in [7, 11) is 0. The number of hydrogen-bond donors (Lipinski definition) is 1. The maximum atomic E-state index is 11.9. The molecule has 5 nitrogen and oxygen atoms in total. The Labute approximate surface area is 96.5 Å². The molecule has 86 valence electrons. The Morgan fingerprint density at radius 2 is 2.25 bits per heavy atom. The van der Waals surface area contributed by atoms with Crippen LogP contribution in [0, 0.1) is 5.92 Å². The molecular formula is C10H11NO4S. The van der Waals surface area contributed by atoms with Crippen LogP contribution in [0.5, 0.6) is 0 Å². The van der Waals surface area contributed by atoms with E-state index < -0.39 is 11.9 Å². The van der Waals surface area contributed by atoms with Gasteiger partial charge in [-0.15, -0.1) is 11.8 Å². The molecule has 0 aromatic carbocycles. The van der Waals surface area contributed by atoms with E-state index in [9.17, 15) is 14.4 Å². The second kappa shape index (κ2) is 3.93. The number of nitrogens with zero attached hydrogens (tertiary/aromatic N) is 1. The molecule has 0 aromatic rings. The summed E-state index contributed by atoms with van der Waals surface area (Å²) in [4.78, 5) is 35.6. The maximum absolute atomic E-state index is 11.9. The molecule has 0 spiro atoms. The summed E-state index contributed by atoms with van der Waals surface area (Å²) in [5.41, 5.74) is 0.384. The fraction of sp³-hybridized carbons (Fsp3) is 0.500. The van der Waals surface area contributed by atoms with Crippen molar-refractivity contribution in [2.24, 2.45) is 5.92 Å². The van der Waals surface area contributed by atoms with E-state index in [1.807, 2.05) is 0 Å². The summed E-state index contributed by atoms with van der Waals surface area (Å²) < 4.78 is 0. The number of fused-ring (bicyclic) bond motifs is 1. The third-order valence-electron chi connectivity index (χ3n) is 2.70. The van der Waals surface area contributed by atoms with Crippen molar-refractivity contribution < 1.29 is 19.5 Å². The Bertz CT molecular complexity index is 415. The molecule has 0 aromatic heterocycles. The van der Waals surface area contributed by atoms with Gasteiger partial charge in [0, 0.05) is 17.9 Å². The third-order valence-corrected chi connectivity index (χ3v) is 3.80. The van der Waals surface area contributed by atoms with E-state index in [0.717, 1.165) is 5.75 Å². The van der Waals surface area contributed by atoms with Gasteiger partial charge in [-0.05, 0) is 6.92 Å². The minimum absolute atomic E-state index is 0.202. The molecule has 2 heterocycles. The second-order valence-electron chi connectivity index (χ2n) is 3.76. The van der Waals surface area contributed by atoms with Crippen molar-refractivity contribution in [1.82, 2.24) is 4.90 Å². The number of ketones is 1. The van der Waals surface area contributed by atoms with E-state index in [1.165, 1.54) is 23.6 Å². The number of aliphatic carboxylic acids is 1. The molecule has 1 atom stereocenters. The normalized spacial score (nSPS) is 23.9. The molecule has 0 aliphatic carbocycles. The highest BCUT2D eigenvalue weighted by Gasteiger charge is 2.44. The highest BCUT2D eigenvalue weighted by molar-refractivity contribution is 8.03. The summed E-state index contributed by atoms with van der Waals surface area (Å²) in [5.74, 6) is -1.50. The lowest BCUT2D eigenvalue weighted by Crippen LogP contribution is -2.28. The first-order valence-electron chi connectivity index (χ1n) is 4.93. The zero-order chi connectivity index (χ0) is 11.9. The summed E-state index contributed by atoms with van der Waals surface area (Å²) in [6, 6.07) is 0. The van der Waals surface area contributed by atoms with Gasteiger partial charge in [0.15, 0.2) is 5.78 Å². The van der Waals surface area contributed by atoms with Gasteiger partial charge in [-0.2, -0.15) is 0 Å². The molecule has 1 saturated heterocycles. The Hall–Kier alpha value is -1.30. The van der Waals surface area contributed by atoms with Crippen molar-refractivity contribution >= 4 is 29.4 Å². The first-order valence-corrected chi connectivity index (χ1v) is 5.92. The molecule has 1 amide bonds. The Kier molecular flexibility index (Phi) is 2.75. The number of hydrogen-bond acceptors (Lipinski definition) is 4. The van der Waals surface area contributed by atoms with Crippen molar-refractivity contribution in [2.75, 3.05) is 12.3 Å². The summed E-state index contributed by atoms with van der Waals surface area (Å²) in [5, 5.41) is 9.41. The number of thioether (sulfide) groups is 1. The van der Waals surface area contributed by atoms with Crippen LogP contribution in [0.15, 0.2) is 10.6 Å². The van der Waals surface area contributed by atoms with E-state index in [-0.39, 0.29) is 18.1 Å². The standard InChI is InChI=1S/C10H11NO4S/c1-5(12)8-6(4-7(13)14)9(15)11-2-3-16-10(8)11/h6H,2-4H2,1H3,(H,13,14)/t6-/m0/s1. The van der Waals surface area contributed by atoms with Crippen molar-refractivity contribution in [2.45, 2.75) is 13.3 Å². The molecule has 2 aliphatic heterocycles. The van der Waals surface area contributed by atoms with Crippen LogP contribution in [-0.4, -0.2) is 40.0 Å². The number of carbonyl (C=O) groups is 3. The van der Waals surface area contributed by atoms with Crippen LogP contribution in [0.3, 0.4) is 0 Å². The number of Topliss-reactive ketones (excluding diaryl/α,β-unsaturated/α-hetero) is 1. The van der Waals surface area contributed by atoms with E-state index in [0.29, 0.717) is 17.1 Å². The number of carbonyl (C=O) groups excluding carboxylic acids is 2. The minimum atomic E-state index is -1.05. The molecule has 2 aliphatic rings. The quantitative estimate of drug-likeness (QED) is 0.777. The summed E-state index contributed by atoms with van der Waals surface area (Å²) in [6.45, 7) is 1.96. The van der Waals surface area contributed by atoms with Crippen LogP contribution in [0.1, 0.15) is 13.3 Å². The van der Waals surface area contributed by atoms with Crippen LogP contribution in [-0.2, 0) is 14.4 Å². The topological polar surface area (TPSA) is 74.7 Å². The molecule has 6 heteroatoms. The maximum Gasteiger partial charge on any atom is 0.304 e. The fourth-order valence-corrected chi connectivity index (χ4v) is 3.31. The van der Waals surface area contributed by atoms with Gasteiger partial charge in [-0.1, -0.05) is 0 Å². The molecule has 16 heavy (non-hydrogen) atoms. The van der Waals surface area contributed by atoms with Crippen LogP contribution >= 0.6 is 11.8 Å². The van der Waals surface area contributed by atoms with Crippen LogP contribution < -0.4 is 0 Å². The zero-order valence-electron chi connectivity index (χ0n) is 8.73. The van der Waals surface area contributed by atoms with Crippen LogP contribution in [0.4, 0.5) is 0 Å². The predicted molar refractivity (Wildman–Crippen MR) is 57.6 cm³/mol. The SMILES string of the molecule is CC(=O)C1=C2SCCN2C(=O)[C@H]1CC(=O)O. The van der Waals surface area contributed by atoms with Gasteiger partial charge in [-0.3, -0.25) is 14.4 Å². The van der Waals surface area contributed by atoms with Gasteiger partial charge in [0.25, 0.3) is 0 Å². The molecule has 0 unspecified atom stereocenters. The summed E-state index contributed by atoms with van der Waals surface area (Å²) >= 11 is 1.45. The van der Waals surface area contributed by atoms with Crippen molar-refractivity contribution in [3.05, 3.63) is 10.6 Å². The third kappa shape index (κ3) is 1.63. The molecular weight excluding hydrogens is 230 g/mol. The second-order valence-corrected chi connectivity index (χ2v) is 4.85. The molecule has 0 saturated carbocycles. The van der Waals surface area contributed by atoms with E-state index in [1.54, 1.807) is 0 Å². The summed E-state index contributed by atoms with van der Waals surface area (Å²) in [6.07, 6.45) is -0.297. The van der Waals surface area contributed by atoms with E-state index in [2.05, 4.69) is 0 Å². The predicted octanol–water partition coefficient (Wildman–Crippen LogP) is 0.467. The Morgan fingerprint density at radius 3 is 2.81 bits per heavy atom. The van der Waals surface area contributed by atoms with Crippen molar-refractivity contribution in [3.8, 4) is 0 Å². The Morgan fingerprint density at radius 1 is 1.56 bits per heavy atom. The van der Waals surface area contributed by atoms with Gasteiger partial charge in [-0.25, -0.2) is 0 Å². The number of rotatable bonds is 3. The average Bonchev–Trinajstić information content (AvgIpc) is 2.70. The largest absolute Gasteiger partial charge is 0.481 e. The van der Waals surface area contributed by atoms with Crippen molar-refractivity contribution in [1.29, 1.82) is 0 Å². The van der Waals surface area contributed by atoms with E-state index in [4.69, 9.17) is 5.11 Å². The first-order chi connectivity index (χ1) is 7.52. The molecule has 1 fully saturated rings. The Balaban J connectivity index is 2.38. The van der Waals surface area contributed by atoms with Gasteiger partial charge in [0.05, 0.1) is 17.4 Å². The first kappa shape index (κ1) is 11.2. The van der Waals surface area contributed by atoms with Crippen LogP contribution in [0.25, 0.3) is 0 Å². The molecule has 0 bridgehead atoms. The van der Waals surface area contributed by atoms with Crippen molar-refractivity contribution in [3.63, 3.8) is 0 Å². The highest BCUT2D eigenvalue weighted by atomic mass is 32.2. The molecule has 1 N–H and O–H groups in total. The smallest absolute Gasteiger partial charge is 0.304 e. The lowest BCUT2D eigenvalue weighted by atomic mass is 9.95. The number of carboxylic acid groups (broad SMARTS) is 1. The van der Waals surface area contributed by atoms with E-state index >= 15 is 0 Å².